The minimum atomic E-state index is -4.15. The fourth-order valence-corrected chi connectivity index (χ4v) is 7.01. The molecule has 1 atom stereocenters. The van der Waals surface area contributed by atoms with Gasteiger partial charge in [-0.05, 0) is 86.3 Å². The second kappa shape index (κ2) is 13.9. The Hall–Kier alpha value is -2.88. The van der Waals surface area contributed by atoms with Gasteiger partial charge < -0.3 is 10.2 Å². The van der Waals surface area contributed by atoms with Crippen molar-refractivity contribution in [3.8, 4) is 0 Å². The average molecular weight is 661 g/mol. The molecule has 0 bridgehead atoms. The number of hydrogen-bond donors (Lipinski definition) is 1. The van der Waals surface area contributed by atoms with Crippen LogP contribution < -0.4 is 9.62 Å². The van der Waals surface area contributed by atoms with E-state index in [2.05, 4.69) is 21.2 Å². The maximum Gasteiger partial charge on any atom is 0.264 e. The molecule has 4 rings (SSSR count). The number of hydrogen-bond acceptors (Lipinski definition) is 4. The van der Waals surface area contributed by atoms with Crippen molar-refractivity contribution >= 4 is 55.1 Å². The molecule has 0 radical (unpaired) electrons. The van der Waals surface area contributed by atoms with Crippen molar-refractivity contribution in [3.63, 3.8) is 0 Å². The Labute approximate surface area is 256 Å². The summed E-state index contributed by atoms with van der Waals surface area (Å²) in [7, 11) is -4.15. The molecular formula is C31H35BrClN3O4S. The van der Waals surface area contributed by atoms with Crippen molar-refractivity contribution in [2.45, 2.75) is 69.5 Å². The molecule has 3 aromatic rings. The molecule has 1 N–H and O–H groups in total. The lowest BCUT2D eigenvalue weighted by molar-refractivity contribution is -0.139. The summed E-state index contributed by atoms with van der Waals surface area (Å²) in [5, 5.41) is 3.52. The van der Waals surface area contributed by atoms with Crippen LogP contribution in [0.1, 0.15) is 50.2 Å². The first-order chi connectivity index (χ1) is 19.5. The summed E-state index contributed by atoms with van der Waals surface area (Å²) in [6.45, 7) is 3.21. The highest BCUT2D eigenvalue weighted by molar-refractivity contribution is 9.10. The predicted molar refractivity (Wildman–Crippen MR) is 166 cm³/mol. The Morgan fingerprint density at radius 1 is 1.00 bits per heavy atom. The zero-order valence-electron chi connectivity index (χ0n) is 23.2. The molecule has 1 saturated carbocycles. The number of nitrogens with one attached hydrogen (secondary N) is 1. The molecule has 3 aromatic carbocycles. The molecule has 7 nitrogen and oxygen atoms in total. The molecule has 10 heteroatoms. The van der Waals surface area contributed by atoms with Gasteiger partial charge in [-0.2, -0.15) is 0 Å². The molecule has 0 spiro atoms. The third-order valence-corrected chi connectivity index (χ3v) is 9.86. The van der Waals surface area contributed by atoms with Crippen molar-refractivity contribution in [3.05, 3.63) is 93.4 Å². The number of carbonyl (C=O) groups excluding carboxylic acids is 2. The van der Waals surface area contributed by atoms with E-state index in [9.17, 15) is 18.0 Å². The number of nitrogens with zero attached hydrogens (tertiary/aromatic N) is 2. The van der Waals surface area contributed by atoms with Crippen LogP contribution in [0.25, 0.3) is 0 Å². The molecule has 2 amide bonds. The first-order valence-electron chi connectivity index (χ1n) is 13.7. The fraction of sp³-hybridized carbons (Fsp3) is 0.355. The van der Waals surface area contributed by atoms with Crippen LogP contribution in [-0.4, -0.2) is 43.8 Å². The molecule has 0 saturated heterocycles. The summed E-state index contributed by atoms with van der Waals surface area (Å²) in [5.41, 5.74) is 2.01. The van der Waals surface area contributed by atoms with E-state index in [4.69, 9.17) is 11.6 Å². The fourth-order valence-electron chi connectivity index (χ4n) is 5.03. The number of benzene rings is 3. The number of amides is 2. The van der Waals surface area contributed by atoms with Gasteiger partial charge in [0.05, 0.1) is 10.6 Å². The van der Waals surface area contributed by atoms with Crippen LogP contribution in [0.2, 0.25) is 5.02 Å². The predicted octanol–water partition coefficient (Wildman–Crippen LogP) is 6.47. The van der Waals surface area contributed by atoms with E-state index in [0.717, 1.165) is 52.0 Å². The van der Waals surface area contributed by atoms with Crippen LogP contribution in [0, 0.1) is 6.92 Å². The number of rotatable bonds is 10. The minimum Gasteiger partial charge on any atom is -0.352 e. The van der Waals surface area contributed by atoms with Gasteiger partial charge in [0.15, 0.2) is 0 Å². The van der Waals surface area contributed by atoms with Crippen molar-refractivity contribution in [2.75, 3.05) is 10.8 Å². The van der Waals surface area contributed by atoms with Gasteiger partial charge in [-0.3, -0.25) is 13.9 Å². The van der Waals surface area contributed by atoms with Gasteiger partial charge in [0.1, 0.15) is 12.6 Å². The van der Waals surface area contributed by atoms with Crippen molar-refractivity contribution in [1.82, 2.24) is 10.2 Å². The normalized spacial score (nSPS) is 14.7. The third kappa shape index (κ3) is 8.11. The Morgan fingerprint density at radius 2 is 1.68 bits per heavy atom. The standard InChI is InChI=1S/C31H35BrClN3O4S/c1-22-8-6-13-28(18-22)36(41(39,40)29-16-14-26(33)15-17-29)21-30(37)35(20-24-9-7-10-25(32)19-24)23(2)31(38)34-27-11-4-3-5-12-27/h6-10,13-19,23,27H,3-5,11-12,20-21H2,1-2H3,(H,34,38)/t23-/m0/s1. The lowest BCUT2D eigenvalue weighted by Crippen LogP contribution is -2.53. The van der Waals surface area contributed by atoms with Gasteiger partial charge >= 0.3 is 0 Å². The summed E-state index contributed by atoms with van der Waals surface area (Å²) in [4.78, 5) is 29.0. The van der Waals surface area contributed by atoms with Crippen LogP contribution in [-0.2, 0) is 26.2 Å². The molecule has 41 heavy (non-hydrogen) atoms. The van der Waals surface area contributed by atoms with Crippen LogP contribution in [0.15, 0.2) is 82.2 Å². The van der Waals surface area contributed by atoms with Crippen molar-refractivity contribution in [1.29, 1.82) is 0 Å². The van der Waals surface area contributed by atoms with Crippen LogP contribution in [0.4, 0.5) is 5.69 Å². The smallest absolute Gasteiger partial charge is 0.264 e. The van der Waals surface area contributed by atoms with Gasteiger partial charge in [-0.1, -0.05) is 71.1 Å². The number of aryl methyl sites for hydroxylation is 1. The zero-order chi connectivity index (χ0) is 29.6. The van der Waals surface area contributed by atoms with Gasteiger partial charge in [-0.15, -0.1) is 0 Å². The number of carbonyl (C=O) groups is 2. The average Bonchev–Trinajstić information content (AvgIpc) is 2.95. The molecule has 1 aliphatic rings. The molecule has 0 unspecified atom stereocenters. The van der Waals surface area contributed by atoms with Crippen molar-refractivity contribution < 1.29 is 18.0 Å². The number of sulfonamides is 1. The van der Waals surface area contributed by atoms with Gasteiger partial charge in [0, 0.05) is 22.1 Å². The van der Waals surface area contributed by atoms with Gasteiger partial charge in [0.2, 0.25) is 11.8 Å². The second-order valence-electron chi connectivity index (χ2n) is 10.5. The van der Waals surface area contributed by atoms with Crippen LogP contribution in [0.3, 0.4) is 0 Å². The van der Waals surface area contributed by atoms with E-state index in [1.54, 1.807) is 25.1 Å². The maximum atomic E-state index is 14.1. The van der Waals surface area contributed by atoms with E-state index in [1.165, 1.54) is 29.2 Å². The van der Waals surface area contributed by atoms with E-state index in [0.29, 0.717) is 10.7 Å². The van der Waals surface area contributed by atoms with E-state index in [1.807, 2.05) is 37.3 Å². The van der Waals surface area contributed by atoms with Gasteiger partial charge in [-0.25, -0.2) is 8.42 Å². The van der Waals surface area contributed by atoms with E-state index in [-0.39, 0.29) is 23.4 Å². The lowest BCUT2D eigenvalue weighted by Gasteiger charge is -2.33. The molecular weight excluding hydrogens is 626 g/mol. The maximum absolute atomic E-state index is 14.1. The Morgan fingerprint density at radius 3 is 2.34 bits per heavy atom. The lowest BCUT2D eigenvalue weighted by atomic mass is 9.95. The Bertz CT molecular complexity index is 1480. The summed E-state index contributed by atoms with van der Waals surface area (Å²) in [6, 6.07) is 19.6. The van der Waals surface area contributed by atoms with Crippen LogP contribution in [0.5, 0.6) is 0 Å². The highest BCUT2D eigenvalue weighted by Gasteiger charge is 2.33. The quantitative estimate of drug-likeness (QED) is 0.270. The molecule has 1 aliphatic carbocycles. The van der Waals surface area contributed by atoms with E-state index >= 15 is 0 Å². The van der Waals surface area contributed by atoms with E-state index < -0.39 is 28.5 Å². The monoisotopic (exact) mass is 659 g/mol. The summed E-state index contributed by atoms with van der Waals surface area (Å²) < 4.78 is 29.8. The number of halogens is 2. The highest BCUT2D eigenvalue weighted by atomic mass is 79.9. The molecule has 218 valence electrons. The summed E-state index contributed by atoms with van der Waals surface area (Å²) >= 11 is 9.49. The molecule has 0 aliphatic heterocycles. The van der Waals surface area contributed by atoms with Crippen LogP contribution >= 0.6 is 27.5 Å². The Kier molecular flexibility index (Phi) is 10.5. The second-order valence-corrected chi connectivity index (χ2v) is 13.7. The van der Waals surface area contributed by atoms with Gasteiger partial charge in [0.25, 0.3) is 10.0 Å². The minimum absolute atomic E-state index is 0.0119. The SMILES string of the molecule is Cc1cccc(N(CC(=O)N(Cc2cccc(Br)c2)[C@@H](C)C(=O)NC2CCCCC2)S(=O)(=O)c2ccc(Cl)cc2)c1. The summed E-state index contributed by atoms with van der Waals surface area (Å²) in [5.74, 6) is -0.738. The largest absolute Gasteiger partial charge is 0.352 e. The summed E-state index contributed by atoms with van der Waals surface area (Å²) in [6.07, 6.45) is 5.12. The molecule has 0 heterocycles. The molecule has 0 aromatic heterocycles. The van der Waals surface area contributed by atoms with Crippen molar-refractivity contribution in [2.24, 2.45) is 0 Å². The first kappa shape index (κ1) is 31.1. The first-order valence-corrected chi connectivity index (χ1v) is 16.3. The zero-order valence-corrected chi connectivity index (χ0v) is 26.4. The topological polar surface area (TPSA) is 86.8 Å². The highest BCUT2D eigenvalue weighted by Crippen LogP contribution is 2.27. The molecule has 1 fully saturated rings. The third-order valence-electron chi connectivity index (χ3n) is 7.33. The number of anilines is 1. The Balaban J connectivity index is 1.68.